The highest BCUT2D eigenvalue weighted by atomic mass is 16.3. The van der Waals surface area contributed by atoms with Crippen molar-refractivity contribution in [2.24, 2.45) is 12.4 Å². The van der Waals surface area contributed by atoms with Crippen LogP contribution in [0.15, 0.2) is 71.9 Å². The van der Waals surface area contributed by atoms with E-state index in [9.17, 15) is 33.9 Å². The Morgan fingerprint density at radius 3 is 2.38 bits per heavy atom. The molecule has 0 bridgehead atoms. The van der Waals surface area contributed by atoms with Gasteiger partial charge in [-0.25, -0.2) is 9.97 Å². The van der Waals surface area contributed by atoms with Gasteiger partial charge in [0, 0.05) is 110 Å². The van der Waals surface area contributed by atoms with Gasteiger partial charge in [0.15, 0.2) is 0 Å². The third kappa shape index (κ3) is 8.06. The number of rotatable bonds is 9. The molecule has 0 spiro atoms. The molecule has 5 amide bonds. The number of fused-ring (bicyclic) bond motifs is 4. The number of carbonyl (C=O) groups is 5. The molecule has 5 aromatic rings. The second-order valence-corrected chi connectivity index (χ2v) is 20.7. The van der Waals surface area contributed by atoms with Crippen molar-refractivity contribution in [3.63, 3.8) is 0 Å². The fourth-order valence-corrected chi connectivity index (χ4v) is 12.0. The first kappa shape index (κ1) is 42.7. The van der Waals surface area contributed by atoms with Crippen molar-refractivity contribution in [2.45, 2.75) is 104 Å². The van der Waals surface area contributed by atoms with Crippen molar-refractivity contribution < 1.29 is 33.2 Å². The Hall–Kier alpha value is -7.18. The van der Waals surface area contributed by atoms with Crippen molar-refractivity contribution in [1.82, 2.24) is 34.2 Å². The number of nitrogens with one attached hydrogen (secondary N) is 2. The highest BCUT2D eigenvalue weighted by Crippen LogP contribution is 2.41. The van der Waals surface area contributed by atoms with E-state index in [0.29, 0.717) is 51.9 Å². The second-order valence-electron chi connectivity index (χ2n) is 20.7. The molecule has 9 heterocycles. The maximum atomic E-state index is 14.1. The summed E-state index contributed by atoms with van der Waals surface area (Å²) in [6.45, 7) is 9.49. The monoisotopic (exact) mass is 964 g/mol. The van der Waals surface area contributed by atoms with Gasteiger partial charge in [-0.15, -0.1) is 0 Å². The largest absolute Gasteiger partial charge is 0.392 e. The Labute approximate surface area is 415 Å². The minimum atomic E-state index is -2.84. The maximum absolute atomic E-state index is 14.1. The Morgan fingerprint density at radius 1 is 0.831 bits per heavy atom. The van der Waals surface area contributed by atoms with E-state index in [4.69, 9.17) is 4.11 Å². The molecule has 18 nitrogen and oxygen atoms in total. The zero-order valence-corrected chi connectivity index (χ0v) is 40.3. The molecule has 5 aliphatic heterocycles. The van der Waals surface area contributed by atoms with E-state index >= 15 is 0 Å². The van der Waals surface area contributed by atoms with Gasteiger partial charge in [0.25, 0.3) is 23.3 Å². The molecule has 1 aromatic carbocycles. The van der Waals surface area contributed by atoms with Gasteiger partial charge in [-0.05, 0) is 111 Å². The summed E-state index contributed by atoms with van der Waals surface area (Å²) in [7, 11) is 0. The molecule has 0 saturated carbocycles. The third-order valence-corrected chi connectivity index (χ3v) is 15.5. The van der Waals surface area contributed by atoms with E-state index in [1.807, 2.05) is 18.2 Å². The van der Waals surface area contributed by atoms with E-state index in [1.54, 1.807) is 35.4 Å². The highest BCUT2D eigenvalue weighted by molar-refractivity contribution is 6.23. The van der Waals surface area contributed by atoms with Crippen molar-refractivity contribution >= 4 is 58.2 Å². The summed E-state index contributed by atoms with van der Waals surface area (Å²) in [6.07, 6.45) is 8.23. The van der Waals surface area contributed by atoms with E-state index in [0.717, 1.165) is 68.1 Å². The van der Waals surface area contributed by atoms with Gasteiger partial charge in [0.2, 0.25) is 11.8 Å². The average Bonchev–Trinajstić information content (AvgIpc) is 3.95. The van der Waals surface area contributed by atoms with Gasteiger partial charge >= 0.3 is 0 Å². The number of hydrogen-bond acceptors (Lipinski definition) is 13. The number of anilines is 5. The lowest BCUT2D eigenvalue weighted by molar-refractivity contribution is -0.136. The Morgan fingerprint density at radius 2 is 1.63 bits per heavy atom. The van der Waals surface area contributed by atoms with Crippen molar-refractivity contribution in [1.29, 1.82) is 0 Å². The molecule has 4 atom stereocenters. The van der Waals surface area contributed by atoms with Gasteiger partial charge in [-0.3, -0.25) is 48.8 Å². The first-order chi connectivity index (χ1) is 35.3. The summed E-state index contributed by atoms with van der Waals surface area (Å²) in [5.74, 6) is -1.72. The lowest BCUT2D eigenvalue weighted by Gasteiger charge is -2.48. The van der Waals surface area contributed by atoms with Gasteiger partial charge in [-0.1, -0.05) is 13.8 Å². The molecule has 3 N–H and O–H groups in total. The first-order valence-corrected chi connectivity index (χ1v) is 24.5. The number of imide groups is 2. The topological polar surface area (TPSA) is 199 Å². The number of nitrogens with zero attached hydrogens (tertiary/aromatic N) is 9. The van der Waals surface area contributed by atoms with Crippen molar-refractivity contribution in [3.05, 3.63) is 111 Å². The summed E-state index contributed by atoms with van der Waals surface area (Å²) in [5.41, 5.74) is 5.58. The molecule has 368 valence electrons. The van der Waals surface area contributed by atoms with Crippen LogP contribution in [-0.4, -0.2) is 120 Å². The third-order valence-electron chi connectivity index (χ3n) is 15.5. The number of aliphatic hydroxyl groups is 1. The van der Waals surface area contributed by atoms with Crippen LogP contribution in [0, 0.1) is 5.41 Å². The predicted molar refractivity (Wildman–Crippen MR) is 267 cm³/mol. The van der Waals surface area contributed by atoms with Crippen LogP contribution < -0.4 is 30.9 Å². The number of piperazine rings is 1. The SMILES string of the molecule is [2H]C([2H])([2H])n1cc(-c2ccnc(N3CCn4c(cc5c4CC(C)(C)C5)C3=O)c2CO)cc(Nc2ccc(N3CCN([C@@H]4CCN(c5ccc6c(c5)C(=O)N(C5CCC(=O)NC5=O)C6=O)[C@H](C)C4)C[C@@H]3C)cn2)c1=O. The van der Waals surface area contributed by atoms with Crippen molar-refractivity contribution in [2.75, 3.05) is 52.7 Å². The van der Waals surface area contributed by atoms with Gasteiger partial charge in [-0.2, -0.15) is 0 Å². The number of pyridine rings is 3. The molecule has 1 aliphatic carbocycles. The maximum Gasteiger partial charge on any atom is 0.276 e. The Balaban J connectivity index is 0.751. The van der Waals surface area contributed by atoms with E-state index in [2.05, 4.69) is 67.6 Å². The zero-order chi connectivity index (χ0) is 52.1. The summed E-state index contributed by atoms with van der Waals surface area (Å²) in [6, 6.07) is 13.7. The van der Waals surface area contributed by atoms with Crippen LogP contribution in [0.25, 0.3) is 11.1 Å². The minimum Gasteiger partial charge on any atom is -0.392 e. The van der Waals surface area contributed by atoms with E-state index in [-0.39, 0.29) is 58.9 Å². The Bertz CT molecular complexity index is 3220. The summed E-state index contributed by atoms with van der Waals surface area (Å²) in [4.78, 5) is 98.0. The molecule has 11 rings (SSSR count). The van der Waals surface area contributed by atoms with Crippen LogP contribution in [0.2, 0.25) is 0 Å². The van der Waals surface area contributed by atoms with Gasteiger partial charge in [0.1, 0.15) is 29.1 Å². The lowest BCUT2D eigenvalue weighted by Crippen LogP contribution is -2.58. The number of hydrogen-bond donors (Lipinski definition) is 3. The first-order valence-electron chi connectivity index (χ1n) is 26.0. The van der Waals surface area contributed by atoms with Crippen LogP contribution in [-0.2, 0) is 42.6 Å². The molecular weight excluding hydrogens is 903 g/mol. The molecule has 3 fully saturated rings. The zero-order valence-electron chi connectivity index (χ0n) is 43.3. The Kier molecular flexibility index (Phi) is 10.6. The molecule has 6 aliphatic rings. The molecule has 4 aromatic heterocycles. The van der Waals surface area contributed by atoms with Crippen LogP contribution in [0.1, 0.15) is 106 Å². The number of aliphatic hydroxyl groups excluding tert-OH is 1. The quantitative estimate of drug-likeness (QED) is 0.173. The molecule has 71 heavy (non-hydrogen) atoms. The second kappa shape index (κ2) is 17.6. The molecular formula is C53H59N11O7. The predicted octanol–water partition coefficient (Wildman–Crippen LogP) is 4.63. The summed E-state index contributed by atoms with van der Waals surface area (Å²) >= 11 is 0. The average molecular weight is 965 g/mol. The fraction of sp³-hybridized carbons (Fsp3) is 0.434. The van der Waals surface area contributed by atoms with Gasteiger partial charge in [0.05, 0.1) is 29.6 Å². The van der Waals surface area contributed by atoms with Crippen LogP contribution in [0.5, 0.6) is 0 Å². The summed E-state index contributed by atoms with van der Waals surface area (Å²) < 4.78 is 27.6. The highest BCUT2D eigenvalue weighted by Gasteiger charge is 2.45. The minimum absolute atomic E-state index is 0.0381. The van der Waals surface area contributed by atoms with Crippen LogP contribution >= 0.6 is 0 Å². The number of piperidine rings is 2. The molecule has 18 heteroatoms. The number of benzene rings is 1. The van der Waals surface area contributed by atoms with Gasteiger partial charge < -0.3 is 29.4 Å². The molecule has 3 saturated heterocycles. The van der Waals surface area contributed by atoms with Crippen LogP contribution in [0.4, 0.5) is 28.7 Å². The number of amides is 5. The van der Waals surface area contributed by atoms with Crippen LogP contribution in [0.3, 0.4) is 0 Å². The smallest absolute Gasteiger partial charge is 0.276 e. The standard InChI is InChI=1S/C53H59N11O7/c1-30-20-34(13-15-60(30)35-6-8-38-39(23-35)50(69)64(49(38)68)42-9-11-46(66)57-48(42)67)59-16-17-61(31(2)27-59)36-7-10-45(55-26-36)56-41-21-33(28-58(5)51(41)70)37-12-14-54-47(40(37)29-65)63-19-18-62-43(52(63)71)22-32-24-53(3,4)25-44(32)62/h6-8,10,12,14,21-23,26,28,30-31,34,42,65H,9,11,13,15-20,24-25,27,29H2,1-5H3,(H,55,56)(H,57,66,67)/t30-,31+,34-,42?/m1/s1/i5D3. The molecule has 0 radical (unpaired) electrons. The van der Waals surface area contributed by atoms with Crippen molar-refractivity contribution in [3.8, 4) is 11.1 Å². The van der Waals surface area contributed by atoms with E-state index in [1.165, 1.54) is 29.7 Å². The molecule has 1 unspecified atom stereocenters. The number of aromatic nitrogens is 4. The summed E-state index contributed by atoms with van der Waals surface area (Å²) in [5, 5.41) is 16.2. The normalized spacial score (nSPS) is 24.1. The number of aryl methyl sites for hydroxylation is 1. The number of carbonyl (C=O) groups excluding carboxylic acids is 5. The lowest BCUT2D eigenvalue weighted by atomic mass is 9.90. The van der Waals surface area contributed by atoms with E-state index < -0.39 is 48.8 Å². The fourth-order valence-electron chi connectivity index (χ4n) is 12.0.